The summed E-state index contributed by atoms with van der Waals surface area (Å²) in [5.41, 5.74) is 7.50. The number of ether oxygens (including phenoxy) is 1. The van der Waals surface area contributed by atoms with Crippen molar-refractivity contribution in [1.82, 2.24) is 4.90 Å². The summed E-state index contributed by atoms with van der Waals surface area (Å²) in [5.74, 6) is 0.259. The fourth-order valence-electron chi connectivity index (χ4n) is 2.39. The largest absolute Gasteiger partial charge is 0.399 e. The minimum atomic E-state index is -0.250. The molecule has 1 fully saturated rings. The van der Waals surface area contributed by atoms with E-state index in [1.54, 1.807) is 4.90 Å². The molecule has 5 nitrogen and oxygen atoms in total. The van der Waals surface area contributed by atoms with Gasteiger partial charge in [0.25, 0.3) is 0 Å². The third-order valence-electron chi connectivity index (χ3n) is 3.68. The van der Waals surface area contributed by atoms with E-state index < -0.39 is 0 Å². The van der Waals surface area contributed by atoms with E-state index >= 15 is 0 Å². The van der Waals surface area contributed by atoms with Crippen LogP contribution in [0.15, 0.2) is 24.3 Å². The monoisotopic (exact) mass is 278 g/mol. The van der Waals surface area contributed by atoms with E-state index in [2.05, 4.69) is 0 Å². The number of amides is 1. The first-order valence-electron chi connectivity index (χ1n) is 6.96. The lowest BCUT2D eigenvalue weighted by molar-refractivity contribution is -0.140. The second-order valence-electron chi connectivity index (χ2n) is 5.29. The van der Waals surface area contributed by atoms with Gasteiger partial charge in [-0.15, -0.1) is 0 Å². The number of nitrogens with two attached hydrogens (primary N) is 1. The van der Waals surface area contributed by atoms with Gasteiger partial charge < -0.3 is 20.5 Å². The Balaban J connectivity index is 1.91. The Kier molecular flexibility index (Phi) is 4.98. The number of benzene rings is 1. The van der Waals surface area contributed by atoms with Crippen LogP contribution in [0.5, 0.6) is 0 Å². The number of anilines is 1. The van der Waals surface area contributed by atoms with Crippen LogP contribution in [-0.4, -0.2) is 48.3 Å². The van der Waals surface area contributed by atoms with Gasteiger partial charge in [-0.2, -0.15) is 0 Å². The lowest BCUT2D eigenvalue weighted by Gasteiger charge is -2.32. The maximum absolute atomic E-state index is 12.3. The summed E-state index contributed by atoms with van der Waals surface area (Å²) in [6, 6.07) is 7.63. The van der Waals surface area contributed by atoms with Gasteiger partial charge in [0, 0.05) is 25.2 Å². The molecule has 1 aliphatic rings. The standard InChI is InChI=1S/C15H22N2O3/c1-11(12-2-4-13(16)5-3-12)8-15(19)17-6-7-20-14(9-17)10-18/h2-5,11,14,18H,6-10,16H2,1H3. The summed E-state index contributed by atoms with van der Waals surface area (Å²) in [6.45, 7) is 3.56. The van der Waals surface area contributed by atoms with Crippen LogP contribution in [0.2, 0.25) is 0 Å². The van der Waals surface area contributed by atoms with Gasteiger partial charge in [-0.25, -0.2) is 0 Å². The Morgan fingerprint density at radius 3 is 2.85 bits per heavy atom. The number of rotatable bonds is 4. The van der Waals surface area contributed by atoms with Crippen molar-refractivity contribution in [3.8, 4) is 0 Å². The van der Waals surface area contributed by atoms with E-state index in [0.717, 1.165) is 11.3 Å². The first-order valence-corrected chi connectivity index (χ1v) is 6.96. The van der Waals surface area contributed by atoms with E-state index in [1.165, 1.54) is 0 Å². The van der Waals surface area contributed by atoms with Crippen molar-refractivity contribution in [3.63, 3.8) is 0 Å². The van der Waals surface area contributed by atoms with Gasteiger partial charge in [0.2, 0.25) is 5.91 Å². The SMILES string of the molecule is CC(CC(=O)N1CCOC(CO)C1)c1ccc(N)cc1. The highest BCUT2D eigenvalue weighted by Crippen LogP contribution is 2.21. The molecule has 0 radical (unpaired) electrons. The van der Waals surface area contributed by atoms with Crippen LogP contribution in [-0.2, 0) is 9.53 Å². The van der Waals surface area contributed by atoms with Crippen molar-refractivity contribution >= 4 is 11.6 Å². The van der Waals surface area contributed by atoms with Crippen molar-refractivity contribution in [2.45, 2.75) is 25.4 Å². The van der Waals surface area contributed by atoms with Gasteiger partial charge in [0.05, 0.1) is 19.3 Å². The quantitative estimate of drug-likeness (QED) is 0.805. The fourth-order valence-corrected chi connectivity index (χ4v) is 2.39. The molecular formula is C15H22N2O3. The fraction of sp³-hybridized carbons (Fsp3) is 0.533. The van der Waals surface area contributed by atoms with Crippen LogP contribution in [0.4, 0.5) is 5.69 Å². The summed E-state index contributed by atoms with van der Waals surface area (Å²) in [4.78, 5) is 14.1. The van der Waals surface area contributed by atoms with Crippen LogP contribution in [0.25, 0.3) is 0 Å². The molecule has 3 N–H and O–H groups in total. The van der Waals surface area contributed by atoms with Gasteiger partial charge in [0.1, 0.15) is 0 Å². The first-order chi connectivity index (χ1) is 9.60. The molecule has 5 heteroatoms. The minimum Gasteiger partial charge on any atom is -0.399 e. The Morgan fingerprint density at radius 1 is 1.50 bits per heavy atom. The molecule has 0 spiro atoms. The maximum Gasteiger partial charge on any atom is 0.223 e. The number of carbonyl (C=O) groups excluding carboxylic acids is 1. The van der Waals surface area contributed by atoms with Crippen molar-refractivity contribution in [2.24, 2.45) is 0 Å². The van der Waals surface area contributed by atoms with E-state index in [0.29, 0.717) is 26.1 Å². The number of aliphatic hydroxyl groups excluding tert-OH is 1. The summed E-state index contributed by atoms with van der Waals surface area (Å²) in [7, 11) is 0. The van der Waals surface area contributed by atoms with E-state index in [1.807, 2.05) is 31.2 Å². The third-order valence-corrected chi connectivity index (χ3v) is 3.68. The lowest BCUT2D eigenvalue weighted by atomic mass is 9.97. The number of hydrogen-bond donors (Lipinski definition) is 2. The molecule has 0 bridgehead atoms. The molecule has 2 unspecified atom stereocenters. The van der Waals surface area contributed by atoms with Gasteiger partial charge >= 0.3 is 0 Å². The maximum atomic E-state index is 12.3. The number of morpholine rings is 1. The molecule has 0 aromatic heterocycles. The van der Waals surface area contributed by atoms with Gasteiger partial charge in [-0.1, -0.05) is 19.1 Å². The molecule has 20 heavy (non-hydrogen) atoms. The number of aliphatic hydroxyl groups is 1. The summed E-state index contributed by atoms with van der Waals surface area (Å²) < 4.78 is 5.35. The first kappa shape index (κ1) is 14.8. The highest BCUT2D eigenvalue weighted by atomic mass is 16.5. The van der Waals surface area contributed by atoms with Gasteiger partial charge in [0.15, 0.2) is 0 Å². The Morgan fingerprint density at radius 2 is 2.20 bits per heavy atom. The Labute approximate surface area is 119 Å². The lowest BCUT2D eigenvalue weighted by Crippen LogP contribution is -2.47. The molecule has 1 aromatic carbocycles. The predicted molar refractivity (Wildman–Crippen MR) is 77.3 cm³/mol. The Bertz CT molecular complexity index is 447. The second kappa shape index (κ2) is 6.72. The third kappa shape index (κ3) is 3.71. The summed E-state index contributed by atoms with van der Waals surface area (Å²) >= 11 is 0. The molecule has 1 heterocycles. The number of carbonyl (C=O) groups is 1. The Hall–Kier alpha value is -1.59. The summed E-state index contributed by atoms with van der Waals surface area (Å²) in [5, 5.41) is 9.10. The topological polar surface area (TPSA) is 75.8 Å². The molecule has 0 aliphatic carbocycles. The average Bonchev–Trinajstić information content (AvgIpc) is 2.47. The summed E-state index contributed by atoms with van der Waals surface area (Å²) in [6.07, 6.45) is 0.210. The normalized spacial score (nSPS) is 20.7. The van der Waals surface area contributed by atoms with E-state index in [4.69, 9.17) is 15.6 Å². The molecule has 2 atom stereocenters. The van der Waals surface area contributed by atoms with Crippen molar-refractivity contribution in [1.29, 1.82) is 0 Å². The minimum absolute atomic E-state index is 0.0443. The molecular weight excluding hydrogens is 256 g/mol. The molecule has 1 saturated heterocycles. The van der Waals surface area contributed by atoms with E-state index in [9.17, 15) is 4.79 Å². The number of nitrogens with zero attached hydrogens (tertiary/aromatic N) is 1. The van der Waals surface area contributed by atoms with Crippen molar-refractivity contribution in [3.05, 3.63) is 29.8 Å². The molecule has 0 saturated carbocycles. The van der Waals surface area contributed by atoms with Crippen LogP contribution < -0.4 is 5.73 Å². The molecule has 1 aromatic rings. The predicted octanol–water partition coefficient (Wildman–Crippen LogP) is 0.982. The van der Waals surface area contributed by atoms with E-state index in [-0.39, 0.29) is 24.5 Å². The van der Waals surface area contributed by atoms with Crippen LogP contribution in [0.1, 0.15) is 24.8 Å². The molecule has 110 valence electrons. The zero-order valence-electron chi connectivity index (χ0n) is 11.8. The zero-order chi connectivity index (χ0) is 14.5. The molecule has 2 rings (SSSR count). The van der Waals surface area contributed by atoms with Crippen LogP contribution >= 0.6 is 0 Å². The van der Waals surface area contributed by atoms with Crippen molar-refractivity contribution < 1.29 is 14.6 Å². The highest BCUT2D eigenvalue weighted by molar-refractivity contribution is 5.77. The zero-order valence-corrected chi connectivity index (χ0v) is 11.8. The average molecular weight is 278 g/mol. The molecule has 1 amide bonds. The van der Waals surface area contributed by atoms with Gasteiger partial charge in [-0.05, 0) is 23.6 Å². The molecule has 1 aliphatic heterocycles. The van der Waals surface area contributed by atoms with Crippen LogP contribution in [0.3, 0.4) is 0 Å². The van der Waals surface area contributed by atoms with Crippen molar-refractivity contribution in [2.75, 3.05) is 32.0 Å². The van der Waals surface area contributed by atoms with Crippen LogP contribution in [0, 0.1) is 0 Å². The smallest absolute Gasteiger partial charge is 0.223 e. The highest BCUT2D eigenvalue weighted by Gasteiger charge is 2.24. The second-order valence-corrected chi connectivity index (χ2v) is 5.29. The number of nitrogen functional groups attached to an aromatic ring is 1. The number of hydrogen-bond acceptors (Lipinski definition) is 4. The van der Waals surface area contributed by atoms with Gasteiger partial charge in [-0.3, -0.25) is 4.79 Å².